The minimum Gasteiger partial charge on any atom is -0.482 e. The van der Waals surface area contributed by atoms with Crippen LogP contribution in [0.15, 0.2) is 34.9 Å². The zero-order chi connectivity index (χ0) is 19.4. The molecule has 0 unspecified atom stereocenters. The number of ether oxygens (including phenoxy) is 2. The number of nitrogens with zero attached hydrogens (tertiary/aromatic N) is 2. The average Bonchev–Trinajstić information content (AvgIpc) is 3.05. The number of rotatable bonds is 6. The van der Waals surface area contributed by atoms with Crippen molar-refractivity contribution in [2.24, 2.45) is 0 Å². The number of carbonyl (C=O) groups is 3. The van der Waals surface area contributed by atoms with Crippen molar-refractivity contribution in [3.8, 4) is 5.75 Å². The first-order valence-corrected chi connectivity index (χ1v) is 8.40. The molecule has 1 aliphatic heterocycles. The van der Waals surface area contributed by atoms with Crippen LogP contribution in [0.4, 0.5) is 11.5 Å². The third-order valence-electron chi connectivity index (χ3n) is 3.90. The summed E-state index contributed by atoms with van der Waals surface area (Å²) in [4.78, 5) is 37.6. The maximum Gasteiger partial charge on any atom is 0.308 e. The van der Waals surface area contributed by atoms with Gasteiger partial charge in [0.25, 0.3) is 11.8 Å². The van der Waals surface area contributed by atoms with Gasteiger partial charge in [0.2, 0.25) is 0 Å². The van der Waals surface area contributed by atoms with Gasteiger partial charge in [0.05, 0.1) is 12.1 Å². The molecule has 2 aromatic rings. The predicted octanol–water partition coefficient (Wildman–Crippen LogP) is 1.67. The first-order valence-electron chi connectivity index (χ1n) is 8.40. The Bertz CT molecular complexity index is 862. The number of para-hydroxylation sites is 2. The van der Waals surface area contributed by atoms with E-state index < -0.39 is 18.0 Å². The summed E-state index contributed by atoms with van der Waals surface area (Å²) in [7, 11) is 0. The van der Waals surface area contributed by atoms with Gasteiger partial charge in [-0.3, -0.25) is 14.4 Å². The molecule has 1 atom stereocenters. The number of anilines is 2. The first kappa shape index (κ1) is 18.4. The fourth-order valence-corrected chi connectivity index (χ4v) is 2.56. The largest absolute Gasteiger partial charge is 0.482 e. The quantitative estimate of drug-likeness (QED) is 0.767. The number of aromatic nitrogens is 1. The number of benzene rings is 1. The van der Waals surface area contributed by atoms with Gasteiger partial charge in [-0.05, 0) is 26.0 Å². The molecular formula is C18H19N3O6. The van der Waals surface area contributed by atoms with E-state index in [1.165, 1.54) is 11.8 Å². The number of fused-ring (bicyclic) bond motifs is 1. The summed E-state index contributed by atoms with van der Waals surface area (Å²) < 4.78 is 15.3. The molecule has 0 saturated carbocycles. The minimum atomic E-state index is -1.01. The van der Waals surface area contributed by atoms with Gasteiger partial charge in [-0.2, -0.15) is 0 Å². The van der Waals surface area contributed by atoms with Crippen LogP contribution >= 0.6 is 0 Å². The highest BCUT2D eigenvalue weighted by Gasteiger charge is 2.26. The van der Waals surface area contributed by atoms with Crippen molar-refractivity contribution < 1.29 is 28.4 Å². The number of hydrogen-bond donors (Lipinski definition) is 1. The summed E-state index contributed by atoms with van der Waals surface area (Å²) in [5.74, 6) is 0.0198. The standard InChI is InChI=1S/C18H19N3O6/c1-11-9-15(20-27-11)19-18(24)12(2)26-17(23)7-8-21-13-5-3-4-6-14(13)25-10-16(21)22/h3-6,9,12H,7-8,10H2,1-2H3,(H,19,20,24)/t12-/m0/s1. The van der Waals surface area contributed by atoms with Gasteiger partial charge in [-0.1, -0.05) is 17.3 Å². The van der Waals surface area contributed by atoms with Gasteiger partial charge in [0, 0.05) is 12.6 Å². The predicted molar refractivity (Wildman–Crippen MR) is 94.3 cm³/mol. The van der Waals surface area contributed by atoms with Crippen molar-refractivity contribution in [1.29, 1.82) is 0 Å². The zero-order valence-electron chi connectivity index (χ0n) is 14.9. The van der Waals surface area contributed by atoms with Gasteiger partial charge < -0.3 is 24.2 Å². The molecule has 142 valence electrons. The van der Waals surface area contributed by atoms with Crippen molar-refractivity contribution in [3.63, 3.8) is 0 Å². The highest BCUT2D eigenvalue weighted by Crippen LogP contribution is 2.31. The molecule has 1 aromatic carbocycles. The molecule has 0 fully saturated rings. The molecule has 2 heterocycles. The summed E-state index contributed by atoms with van der Waals surface area (Å²) in [6.07, 6.45) is -1.07. The number of carbonyl (C=O) groups excluding carboxylic acids is 3. The first-order chi connectivity index (χ1) is 12.9. The Morgan fingerprint density at radius 2 is 2.15 bits per heavy atom. The molecule has 0 bridgehead atoms. The molecule has 0 aliphatic carbocycles. The number of esters is 1. The van der Waals surface area contributed by atoms with Gasteiger partial charge >= 0.3 is 5.97 Å². The summed E-state index contributed by atoms with van der Waals surface area (Å²) in [5.41, 5.74) is 0.605. The van der Waals surface area contributed by atoms with Crippen molar-refractivity contribution >= 4 is 29.3 Å². The molecule has 0 saturated heterocycles. The third-order valence-corrected chi connectivity index (χ3v) is 3.90. The molecule has 9 heteroatoms. The highest BCUT2D eigenvalue weighted by atomic mass is 16.5. The van der Waals surface area contributed by atoms with Gasteiger partial charge in [0.1, 0.15) is 11.5 Å². The van der Waals surface area contributed by atoms with Crippen LogP contribution in [0.25, 0.3) is 0 Å². The molecule has 27 heavy (non-hydrogen) atoms. The summed E-state index contributed by atoms with van der Waals surface area (Å²) in [6, 6.07) is 8.63. The average molecular weight is 373 g/mol. The van der Waals surface area contributed by atoms with Crippen LogP contribution in [0.2, 0.25) is 0 Å². The number of nitrogens with one attached hydrogen (secondary N) is 1. The fourth-order valence-electron chi connectivity index (χ4n) is 2.56. The van der Waals surface area contributed by atoms with E-state index in [-0.39, 0.29) is 31.3 Å². The third kappa shape index (κ3) is 4.43. The van der Waals surface area contributed by atoms with E-state index in [0.717, 1.165) is 0 Å². The summed E-state index contributed by atoms with van der Waals surface area (Å²) in [5, 5.41) is 6.13. The lowest BCUT2D eigenvalue weighted by molar-refractivity contribution is -0.153. The Kier molecular flexibility index (Phi) is 5.39. The lowest BCUT2D eigenvalue weighted by Gasteiger charge is -2.29. The number of hydrogen-bond acceptors (Lipinski definition) is 7. The highest BCUT2D eigenvalue weighted by molar-refractivity contribution is 5.98. The molecule has 0 radical (unpaired) electrons. The van der Waals surface area contributed by atoms with Crippen molar-refractivity contribution in [1.82, 2.24) is 5.16 Å². The Morgan fingerprint density at radius 3 is 2.89 bits per heavy atom. The van der Waals surface area contributed by atoms with Crippen LogP contribution < -0.4 is 15.0 Å². The van der Waals surface area contributed by atoms with E-state index in [0.29, 0.717) is 17.2 Å². The van der Waals surface area contributed by atoms with Crippen LogP contribution in [-0.2, 0) is 19.1 Å². The van der Waals surface area contributed by atoms with Crippen LogP contribution in [0.3, 0.4) is 0 Å². The Morgan fingerprint density at radius 1 is 1.37 bits per heavy atom. The van der Waals surface area contributed by atoms with E-state index in [1.807, 2.05) is 0 Å². The molecule has 1 aliphatic rings. The fraction of sp³-hybridized carbons (Fsp3) is 0.333. The topological polar surface area (TPSA) is 111 Å². The monoisotopic (exact) mass is 373 g/mol. The second-order valence-corrected chi connectivity index (χ2v) is 6.00. The lowest BCUT2D eigenvalue weighted by Crippen LogP contribution is -2.40. The Labute approximate surface area is 155 Å². The van der Waals surface area contributed by atoms with Crippen molar-refractivity contribution in [3.05, 3.63) is 36.1 Å². The SMILES string of the molecule is Cc1cc(NC(=O)[C@H](C)OC(=O)CCN2C(=O)COc3ccccc32)no1. The van der Waals surface area contributed by atoms with Crippen molar-refractivity contribution in [2.75, 3.05) is 23.4 Å². The maximum absolute atomic E-state index is 12.1. The summed E-state index contributed by atoms with van der Waals surface area (Å²) in [6.45, 7) is 3.20. The zero-order valence-corrected chi connectivity index (χ0v) is 14.9. The molecule has 2 amide bonds. The second kappa shape index (κ2) is 7.90. The number of amides is 2. The van der Waals surface area contributed by atoms with Crippen molar-refractivity contribution in [2.45, 2.75) is 26.4 Å². The van der Waals surface area contributed by atoms with E-state index in [2.05, 4.69) is 10.5 Å². The second-order valence-electron chi connectivity index (χ2n) is 6.00. The molecule has 1 N–H and O–H groups in total. The normalized spacial score (nSPS) is 14.1. The van der Waals surface area contributed by atoms with Crippen LogP contribution in [0.1, 0.15) is 19.1 Å². The Hall–Kier alpha value is -3.36. The van der Waals surface area contributed by atoms with Crippen LogP contribution in [0.5, 0.6) is 5.75 Å². The van der Waals surface area contributed by atoms with E-state index in [4.69, 9.17) is 14.0 Å². The Balaban J connectivity index is 1.52. The smallest absolute Gasteiger partial charge is 0.308 e. The lowest BCUT2D eigenvalue weighted by atomic mass is 10.2. The molecule has 3 rings (SSSR count). The maximum atomic E-state index is 12.1. The molecular weight excluding hydrogens is 354 g/mol. The summed E-state index contributed by atoms with van der Waals surface area (Å²) >= 11 is 0. The molecule has 0 spiro atoms. The molecule has 9 nitrogen and oxygen atoms in total. The van der Waals surface area contributed by atoms with Gasteiger partial charge in [-0.25, -0.2) is 0 Å². The van der Waals surface area contributed by atoms with E-state index in [1.54, 1.807) is 37.3 Å². The van der Waals surface area contributed by atoms with Gasteiger partial charge in [-0.15, -0.1) is 0 Å². The van der Waals surface area contributed by atoms with E-state index in [9.17, 15) is 14.4 Å². The minimum absolute atomic E-state index is 0.0548. The van der Waals surface area contributed by atoms with Crippen LogP contribution in [0, 0.1) is 6.92 Å². The number of aryl methyl sites for hydroxylation is 1. The van der Waals surface area contributed by atoms with Gasteiger partial charge in [0.15, 0.2) is 18.5 Å². The molecule has 1 aromatic heterocycles. The van der Waals surface area contributed by atoms with E-state index >= 15 is 0 Å². The van der Waals surface area contributed by atoms with Crippen LogP contribution in [-0.4, -0.2) is 42.2 Å².